The Morgan fingerprint density at radius 1 is 1.33 bits per heavy atom. The molecule has 0 saturated carbocycles. The van der Waals surface area contributed by atoms with Gasteiger partial charge in [0.15, 0.2) is 5.96 Å². The minimum absolute atomic E-state index is 0.498. The van der Waals surface area contributed by atoms with Crippen molar-refractivity contribution in [3.05, 3.63) is 29.3 Å². The first-order valence-electron chi connectivity index (χ1n) is 10.1. The monoisotopic (exact) mass is 376 g/mol. The summed E-state index contributed by atoms with van der Waals surface area (Å²) >= 11 is 0. The Morgan fingerprint density at radius 2 is 2.19 bits per heavy atom. The van der Waals surface area contributed by atoms with Gasteiger partial charge in [0.1, 0.15) is 5.75 Å². The SMILES string of the molecule is CCNC(=NCc1ccc(C)cc1OCC1CCOC1)NCCCN(C)C. The molecule has 1 atom stereocenters. The Kier molecular flexibility index (Phi) is 9.42. The molecule has 0 radical (unpaired) electrons. The van der Waals surface area contributed by atoms with Crippen LogP contribution in [-0.4, -0.2) is 64.4 Å². The lowest BCUT2D eigenvalue weighted by Gasteiger charge is -2.15. The molecule has 6 heteroatoms. The van der Waals surface area contributed by atoms with E-state index in [9.17, 15) is 0 Å². The molecule has 1 saturated heterocycles. The normalized spacial score (nSPS) is 17.4. The molecule has 6 nitrogen and oxygen atoms in total. The van der Waals surface area contributed by atoms with Gasteiger partial charge in [-0.15, -0.1) is 0 Å². The third-order valence-electron chi connectivity index (χ3n) is 4.55. The lowest BCUT2D eigenvalue weighted by atomic mass is 10.1. The van der Waals surface area contributed by atoms with Gasteiger partial charge in [-0.3, -0.25) is 0 Å². The van der Waals surface area contributed by atoms with Crippen LogP contribution in [0, 0.1) is 12.8 Å². The Balaban J connectivity index is 1.94. The van der Waals surface area contributed by atoms with Crippen LogP contribution in [-0.2, 0) is 11.3 Å². The average Bonchev–Trinajstić information content (AvgIpc) is 3.15. The molecule has 0 aliphatic carbocycles. The highest BCUT2D eigenvalue weighted by atomic mass is 16.5. The van der Waals surface area contributed by atoms with E-state index in [1.54, 1.807) is 0 Å². The van der Waals surface area contributed by atoms with Crippen LogP contribution in [0.5, 0.6) is 5.75 Å². The molecule has 0 bridgehead atoms. The van der Waals surface area contributed by atoms with Gasteiger partial charge in [0.05, 0.1) is 19.8 Å². The van der Waals surface area contributed by atoms with Crippen LogP contribution < -0.4 is 15.4 Å². The molecule has 1 aliphatic heterocycles. The van der Waals surface area contributed by atoms with Crippen molar-refractivity contribution in [1.29, 1.82) is 0 Å². The Labute approximate surface area is 164 Å². The molecule has 1 fully saturated rings. The number of aliphatic imine (C=N–C) groups is 1. The molecule has 0 aromatic heterocycles. The van der Waals surface area contributed by atoms with Gasteiger partial charge in [-0.1, -0.05) is 12.1 Å². The number of aryl methyl sites for hydroxylation is 1. The minimum Gasteiger partial charge on any atom is -0.493 e. The summed E-state index contributed by atoms with van der Waals surface area (Å²) in [5.41, 5.74) is 2.32. The Bertz CT molecular complexity index is 584. The molecular weight excluding hydrogens is 340 g/mol. The summed E-state index contributed by atoms with van der Waals surface area (Å²) in [6.45, 7) is 9.96. The molecule has 2 N–H and O–H groups in total. The maximum Gasteiger partial charge on any atom is 0.191 e. The molecule has 0 amide bonds. The van der Waals surface area contributed by atoms with Crippen molar-refractivity contribution in [3.8, 4) is 5.75 Å². The van der Waals surface area contributed by atoms with Crippen molar-refractivity contribution < 1.29 is 9.47 Å². The van der Waals surface area contributed by atoms with Crippen molar-refractivity contribution in [3.63, 3.8) is 0 Å². The summed E-state index contributed by atoms with van der Waals surface area (Å²) in [4.78, 5) is 6.94. The number of guanidine groups is 1. The number of benzene rings is 1. The molecule has 1 aromatic carbocycles. The third kappa shape index (κ3) is 8.18. The van der Waals surface area contributed by atoms with Gasteiger partial charge in [-0.25, -0.2) is 4.99 Å². The predicted molar refractivity (Wildman–Crippen MR) is 112 cm³/mol. The molecule has 1 aromatic rings. The van der Waals surface area contributed by atoms with E-state index in [1.807, 2.05) is 0 Å². The van der Waals surface area contributed by atoms with E-state index < -0.39 is 0 Å². The average molecular weight is 377 g/mol. The van der Waals surface area contributed by atoms with Crippen molar-refractivity contribution in [2.24, 2.45) is 10.9 Å². The first-order chi connectivity index (χ1) is 13.1. The fraction of sp³-hybridized carbons (Fsp3) is 0.667. The van der Waals surface area contributed by atoms with E-state index in [2.05, 4.69) is 61.7 Å². The topological polar surface area (TPSA) is 58.1 Å². The highest BCUT2D eigenvalue weighted by Crippen LogP contribution is 2.23. The maximum absolute atomic E-state index is 6.12. The number of hydrogen-bond donors (Lipinski definition) is 2. The standard InChI is InChI=1S/C21H36N4O2/c1-5-22-21(23-10-6-11-25(3)4)24-14-19-8-7-17(2)13-20(19)27-16-18-9-12-26-15-18/h7-8,13,18H,5-6,9-12,14-16H2,1-4H3,(H2,22,23,24). The summed E-state index contributed by atoms with van der Waals surface area (Å²) in [5.74, 6) is 2.29. The third-order valence-corrected chi connectivity index (χ3v) is 4.55. The van der Waals surface area contributed by atoms with Gasteiger partial charge in [0, 0.05) is 31.2 Å². The predicted octanol–water partition coefficient (Wildman–Crippen LogP) is 2.42. The Hall–Kier alpha value is -1.79. The summed E-state index contributed by atoms with van der Waals surface area (Å²) in [7, 11) is 4.19. The maximum atomic E-state index is 6.12. The summed E-state index contributed by atoms with van der Waals surface area (Å²) in [6.07, 6.45) is 2.17. The van der Waals surface area contributed by atoms with E-state index in [1.165, 1.54) is 5.56 Å². The molecule has 2 rings (SSSR count). The number of nitrogens with zero attached hydrogens (tertiary/aromatic N) is 2. The van der Waals surface area contributed by atoms with Gasteiger partial charge >= 0.3 is 0 Å². The minimum atomic E-state index is 0.498. The number of ether oxygens (including phenoxy) is 2. The quantitative estimate of drug-likeness (QED) is 0.373. The smallest absolute Gasteiger partial charge is 0.191 e. The number of nitrogens with one attached hydrogen (secondary N) is 2. The molecule has 0 spiro atoms. The van der Waals surface area contributed by atoms with Gasteiger partial charge in [0.25, 0.3) is 0 Å². The molecular formula is C21H36N4O2. The van der Waals surface area contributed by atoms with Crippen LogP contribution in [0.2, 0.25) is 0 Å². The van der Waals surface area contributed by atoms with Crippen molar-refractivity contribution in [2.45, 2.75) is 33.2 Å². The van der Waals surface area contributed by atoms with Crippen LogP contribution in [0.4, 0.5) is 0 Å². The van der Waals surface area contributed by atoms with Crippen molar-refractivity contribution >= 4 is 5.96 Å². The molecule has 1 unspecified atom stereocenters. The zero-order valence-corrected chi connectivity index (χ0v) is 17.4. The highest BCUT2D eigenvalue weighted by molar-refractivity contribution is 5.79. The largest absolute Gasteiger partial charge is 0.493 e. The number of hydrogen-bond acceptors (Lipinski definition) is 4. The lowest BCUT2D eigenvalue weighted by molar-refractivity contribution is 0.166. The van der Waals surface area contributed by atoms with Gasteiger partial charge < -0.3 is 25.0 Å². The fourth-order valence-corrected chi connectivity index (χ4v) is 2.96. The molecule has 1 aliphatic rings. The summed E-state index contributed by atoms with van der Waals surface area (Å²) < 4.78 is 11.6. The second kappa shape index (κ2) is 11.8. The van der Waals surface area contributed by atoms with Crippen molar-refractivity contribution in [1.82, 2.24) is 15.5 Å². The van der Waals surface area contributed by atoms with E-state index in [0.29, 0.717) is 19.1 Å². The second-order valence-electron chi connectivity index (χ2n) is 7.43. The van der Waals surface area contributed by atoms with Gasteiger partial charge in [-0.05, 0) is 59.0 Å². The summed E-state index contributed by atoms with van der Waals surface area (Å²) in [5, 5.41) is 6.73. The van der Waals surface area contributed by atoms with Crippen LogP contribution in [0.25, 0.3) is 0 Å². The molecule has 27 heavy (non-hydrogen) atoms. The zero-order chi connectivity index (χ0) is 19.5. The number of rotatable bonds is 10. The van der Waals surface area contributed by atoms with Crippen LogP contribution in [0.1, 0.15) is 30.9 Å². The molecule has 1 heterocycles. The van der Waals surface area contributed by atoms with Crippen LogP contribution in [0.15, 0.2) is 23.2 Å². The van der Waals surface area contributed by atoms with Gasteiger partial charge in [-0.2, -0.15) is 0 Å². The molecule has 152 valence electrons. The van der Waals surface area contributed by atoms with E-state index in [-0.39, 0.29) is 0 Å². The summed E-state index contributed by atoms with van der Waals surface area (Å²) in [6, 6.07) is 6.35. The van der Waals surface area contributed by atoms with Crippen LogP contribution >= 0.6 is 0 Å². The van der Waals surface area contributed by atoms with Crippen LogP contribution in [0.3, 0.4) is 0 Å². The lowest BCUT2D eigenvalue weighted by Crippen LogP contribution is -2.38. The second-order valence-corrected chi connectivity index (χ2v) is 7.43. The first kappa shape index (κ1) is 21.5. The highest BCUT2D eigenvalue weighted by Gasteiger charge is 2.17. The van der Waals surface area contributed by atoms with E-state index in [0.717, 1.165) is 63.0 Å². The zero-order valence-electron chi connectivity index (χ0n) is 17.4. The first-order valence-corrected chi connectivity index (χ1v) is 10.1. The Morgan fingerprint density at radius 3 is 2.89 bits per heavy atom. The van der Waals surface area contributed by atoms with Crippen molar-refractivity contribution in [2.75, 3.05) is 53.6 Å². The fourth-order valence-electron chi connectivity index (χ4n) is 2.96. The van der Waals surface area contributed by atoms with E-state index in [4.69, 9.17) is 14.5 Å². The van der Waals surface area contributed by atoms with Gasteiger partial charge in [0.2, 0.25) is 0 Å². The van der Waals surface area contributed by atoms with E-state index >= 15 is 0 Å².